The van der Waals surface area contributed by atoms with Crippen LogP contribution in [0.5, 0.6) is 0 Å². The molecule has 7 nitrogen and oxygen atoms in total. The number of anilines is 3. The first-order valence-corrected chi connectivity index (χ1v) is 9.97. The Hall–Kier alpha value is -3.53. The van der Waals surface area contributed by atoms with E-state index < -0.39 is 11.6 Å². The number of aromatic nitrogens is 1. The van der Waals surface area contributed by atoms with Gasteiger partial charge in [0, 0.05) is 42.5 Å². The van der Waals surface area contributed by atoms with Crippen molar-refractivity contribution in [2.24, 2.45) is 0 Å². The van der Waals surface area contributed by atoms with Crippen LogP contribution < -0.4 is 20.9 Å². The molecule has 3 aromatic rings. The highest BCUT2D eigenvalue weighted by molar-refractivity contribution is 7.14. The Morgan fingerprint density at radius 3 is 2.57 bits per heavy atom. The molecular weight excluding hydrogens is 412 g/mol. The maximum absolute atomic E-state index is 13.3. The van der Waals surface area contributed by atoms with Gasteiger partial charge in [-0.05, 0) is 29.8 Å². The van der Waals surface area contributed by atoms with Crippen molar-refractivity contribution in [1.82, 2.24) is 15.6 Å². The first kappa shape index (κ1) is 19.8. The molecule has 2 heterocycles. The van der Waals surface area contributed by atoms with Crippen molar-refractivity contribution in [1.29, 1.82) is 0 Å². The normalized spacial score (nSPS) is 13.3. The monoisotopic (exact) mass is 429 g/mol. The molecule has 1 aliphatic rings. The molecule has 0 atom stereocenters. The Morgan fingerprint density at radius 2 is 1.90 bits per heavy atom. The van der Waals surface area contributed by atoms with Gasteiger partial charge >= 0.3 is 6.03 Å². The van der Waals surface area contributed by atoms with E-state index in [0.717, 1.165) is 40.8 Å². The maximum Gasteiger partial charge on any atom is 0.321 e. The first-order valence-electron chi connectivity index (χ1n) is 9.09. The summed E-state index contributed by atoms with van der Waals surface area (Å²) >= 11 is 1.15. The molecule has 0 bridgehead atoms. The van der Waals surface area contributed by atoms with Gasteiger partial charge in [-0.25, -0.2) is 18.6 Å². The molecule has 4 rings (SSSR count). The lowest BCUT2D eigenvalue weighted by Crippen LogP contribution is -2.27. The van der Waals surface area contributed by atoms with Gasteiger partial charge in [0.05, 0.1) is 0 Å². The van der Waals surface area contributed by atoms with Gasteiger partial charge < -0.3 is 16.0 Å². The number of halogens is 2. The molecule has 0 spiro atoms. The van der Waals surface area contributed by atoms with Gasteiger partial charge in [-0.15, -0.1) is 11.3 Å². The number of benzene rings is 2. The van der Waals surface area contributed by atoms with E-state index in [-0.39, 0.29) is 23.3 Å². The highest BCUT2D eigenvalue weighted by atomic mass is 32.1. The second kappa shape index (κ2) is 8.46. The molecule has 1 saturated heterocycles. The molecule has 3 N–H and O–H groups in total. The third-order valence-corrected chi connectivity index (χ3v) is 5.17. The molecular formula is C20H17F2N5O2S. The average Bonchev–Trinajstić information content (AvgIpc) is 3.35. The number of rotatable bonds is 6. The predicted octanol–water partition coefficient (Wildman–Crippen LogP) is 3.62. The summed E-state index contributed by atoms with van der Waals surface area (Å²) in [5, 5.41) is 10.2. The van der Waals surface area contributed by atoms with Crippen molar-refractivity contribution < 1.29 is 18.4 Å². The van der Waals surface area contributed by atoms with Gasteiger partial charge in [0.2, 0.25) is 0 Å². The SMILES string of the molecule is O=C(NCc1ccc(N2CCNC2=O)cc1)c1csc(Nc2cc(F)cc(F)c2)n1. The fraction of sp³-hybridized carbons (Fsp3) is 0.150. The van der Waals surface area contributed by atoms with Gasteiger partial charge in [-0.1, -0.05) is 12.1 Å². The van der Waals surface area contributed by atoms with E-state index in [2.05, 4.69) is 20.9 Å². The quantitative estimate of drug-likeness (QED) is 0.559. The van der Waals surface area contributed by atoms with E-state index >= 15 is 0 Å². The fourth-order valence-electron chi connectivity index (χ4n) is 2.97. The molecule has 0 aliphatic carbocycles. The third kappa shape index (κ3) is 4.54. The number of thiazole rings is 1. The molecule has 30 heavy (non-hydrogen) atoms. The number of urea groups is 1. The molecule has 3 amide bonds. The highest BCUT2D eigenvalue weighted by Crippen LogP contribution is 2.23. The van der Waals surface area contributed by atoms with Crippen molar-refractivity contribution >= 4 is 39.8 Å². The summed E-state index contributed by atoms with van der Waals surface area (Å²) in [5.74, 6) is -1.78. The smallest absolute Gasteiger partial charge is 0.321 e. The minimum absolute atomic E-state index is 0.120. The van der Waals surface area contributed by atoms with Crippen molar-refractivity contribution in [3.63, 3.8) is 0 Å². The Labute approximate surface area is 174 Å². The van der Waals surface area contributed by atoms with Crippen molar-refractivity contribution in [2.45, 2.75) is 6.54 Å². The Morgan fingerprint density at radius 1 is 1.17 bits per heavy atom. The minimum Gasteiger partial charge on any atom is -0.347 e. The minimum atomic E-state index is -0.705. The predicted molar refractivity (Wildman–Crippen MR) is 110 cm³/mol. The van der Waals surface area contributed by atoms with Crippen LogP contribution in [0, 0.1) is 11.6 Å². The number of nitrogens with zero attached hydrogens (tertiary/aromatic N) is 2. The van der Waals surface area contributed by atoms with Crippen LogP contribution in [-0.4, -0.2) is 30.0 Å². The van der Waals surface area contributed by atoms with Gasteiger partial charge in [0.25, 0.3) is 5.91 Å². The average molecular weight is 429 g/mol. The third-order valence-electron chi connectivity index (χ3n) is 4.41. The second-order valence-electron chi connectivity index (χ2n) is 6.55. The van der Waals surface area contributed by atoms with Crippen LogP contribution in [0.3, 0.4) is 0 Å². The summed E-state index contributed by atoms with van der Waals surface area (Å²) in [6.07, 6.45) is 0. The number of carbonyl (C=O) groups is 2. The van der Waals surface area contributed by atoms with E-state index in [1.807, 2.05) is 24.3 Å². The van der Waals surface area contributed by atoms with Gasteiger partial charge in [-0.3, -0.25) is 9.69 Å². The summed E-state index contributed by atoms with van der Waals surface area (Å²) in [7, 11) is 0. The Balaban J connectivity index is 1.34. The van der Waals surface area contributed by atoms with Crippen LogP contribution in [0.15, 0.2) is 47.8 Å². The van der Waals surface area contributed by atoms with E-state index in [4.69, 9.17) is 0 Å². The van der Waals surface area contributed by atoms with Crippen LogP contribution in [0.1, 0.15) is 16.1 Å². The van der Waals surface area contributed by atoms with E-state index in [1.165, 1.54) is 0 Å². The first-order chi connectivity index (χ1) is 14.5. The molecule has 0 unspecified atom stereocenters. The maximum atomic E-state index is 13.3. The molecule has 2 aromatic carbocycles. The highest BCUT2D eigenvalue weighted by Gasteiger charge is 2.20. The summed E-state index contributed by atoms with van der Waals surface area (Å²) in [6.45, 7) is 1.54. The summed E-state index contributed by atoms with van der Waals surface area (Å²) in [6, 6.07) is 10.3. The van der Waals surface area contributed by atoms with Crippen molar-refractivity contribution in [2.75, 3.05) is 23.3 Å². The lowest BCUT2D eigenvalue weighted by molar-refractivity contribution is 0.0946. The zero-order valence-electron chi connectivity index (χ0n) is 15.6. The Bertz CT molecular complexity index is 1070. The zero-order chi connectivity index (χ0) is 21.1. The molecule has 0 radical (unpaired) electrons. The van der Waals surface area contributed by atoms with Crippen LogP contribution in [0.25, 0.3) is 0 Å². The summed E-state index contributed by atoms with van der Waals surface area (Å²) in [5.41, 5.74) is 2.07. The lowest BCUT2D eigenvalue weighted by atomic mass is 10.2. The standard InChI is InChI=1S/C20H17F2N5O2S/c21-13-7-14(22)9-15(8-13)25-19-26-17(11-30-19)18(28)24-10-12-1-3-16(4-2-12)27-6-5-23-20(27)29/h1-4,7-9,11H,5-6,10H2,(H,23,29)(H,24,28)(H,25,26). The number of hydrogen-bond acceptors (Lipinski definition) is 5. The fourth-order valence-corrected chi connectivity index (χ4v) is 3.68. The van der Waals surface area contributed by atoms with Gasteiger partial charge in [-0.2, -0.15) is 0 Å². The number of carbonyl (C=O) groups excluding carboxylic acids is 2. The van der Waals surface area contributed by atoms with E-state index in [0.29, 0.717) is 24.8 Å². The number of nitrogens with one attached hydrogen (secondary N) is 3. The van der Waals surface area contributed by atoms with E-state index in [9.17, 15) is 18.4 Å². The number of amides is 3. The second-order valence-corrected chi connectivity index (χ2v) is 7.41. The van der Waals surface area contributed by atoms with Crippen LogP contribution in [0.2, 0.25) is 0 Å². The topological polar surface area (TPSA) is 86.4 Å². The molecule has 1 aliphatic heterocycles. The van der Waals surface area contributed by atoms with Crippen LogP contribution in [-0.2, 0) is 6.54 Å². The molecule has 1 aromatic heterocycles. The van der Waals surface area contributed by atoms with Crippen LogP contribution >= 0.6 is 11.3 Å². The summed E-state index contributed by atoms with van der Waals surface area (Å²) in [4.78, 5) is 29.8. The lowest BCUT2D eigenvalue weighted by Gasteiger charge is -2.14. The Kier molecular flexibility index (Phi) is 5.57. The van der Waals surface area contributed by atoms with E-state index in [1.54, 1.807) is 10.3 Å². The molecule has 1 fully saturated rings. The van der Waals surface area contributed by atoms with Crippen molar-refractivity contribution in [3.05, 3.63) is 70.7 Å². The zero-order valence-corrected chi connectivity index (χ0v) is 16.4. The molecule has 0 saturated carbocycles. The van der Waals surface area contributed by atoms with Gasteiger partial charge in [0.15, 0.2) is 5.13 Å². The number of hydrogen-bond donors (Lipinski definition) is 3. The van der Waals surface area contributed by atoms with Crippen LogP contribution in [0.4, 0.5) is 30.1 Å². The van der Waals surface area contributed by atoms with Crippen molar-refractivity contribution in [3.8, 4) is 0 Å². The molecule has 154 valence electrons. The molecule has 10 heteroatoms. The van der Waals surface area contributed by atoms with Gasteiger partial charge in [0.1, 0.15) is 17.3 Å². The summed E-state index contributed by atoms with van der Waals surface area (Å²) < 4.78 is 26.5. The largest absolute Gasteiger partial charge is 0.347 e.